The fourth-order valence-corrected chi connectivity index (χ4v) is 1.37. The Bertz CT molecular complexity index is 308. The molecule has 0 fully saturated rings. The van der Waals surface area contributed by atoms with Crippen LogP contribution in [0.15, 0.2) is 24.3 Å². The van der Waals surface area contributed by atoms with Crippen molar-refractivity contribution in [3.63, 3.8) is 0 Å². The lowest BCUT2D eigenvalue weighted by Gasteiger charge is -2.10. The predicted molar refractivity (Wildman–Crippen MR) is 66.4 cm³/mol. The summed E-state index contributed by atoms with van der Waals surface area (Å²) in [6.07, 6.45) is 0.954. The van der Waals surface area contributed by atoms with E-state index < -0.39 is 0 Å². The van der Waals surface area contributed by atoms with E-state index in [-0.39, 0.29) is 11.9 Å². The van der Waals surface area contributed by atoms with Crippen LogP contribution in [0.2, 0.25) is 0 Å². The Labute approximate surface area is 98.2 Å². The minimum Gasteiger partial charge on any atom is -0.350 e. The third-order valence-electron chi connectivity index (χ3n) is 2.10. The number of rotatable bonds is 3. The van der Waals surface area contributed by atoms with Crippen LogP contribution in [-0.2, 0) is 0 Å². The lowest BCUT2D eigenvalue weighted by atomic mass is 10.2. The first kappa shape index (κ1) is 11.5. The zero-order chi connectivity index (χ0) is 10.6. The number of carbonyl (C=O) groups is 1. The second-order valence-corrected chi connectivity index (χ2v) is 4.54. The highest BCUT2D eigenvalue weighted by molar-refractivity contribution is 14.1. The summed E-state index contributed by atoms with van der Waals surface area (Å²) in [5.41, 5.74) is 0.728. The molecule has 0 heterocycles. The van der Waals surface area contributed by atoms with Crippen LogP contribution in [0.1, 0.15) is 30.6 Å². The number of amides is 1. The molecular weight excluding hydrogens is 289 g/mol. The Balaban J connectivity index is 2.65. The van der Waals surface area contributed by atoms with Crippen LogP contribution in [-0.4, -0.2) is 11.9 Å². The summed E-state index contributed by atoms with van der Waals surface area (Å²) in [5.74, 6) is 0.00995. The van der Waals surface area contributed by atoms with Gasteiger partial charge in [0.05, 0.1) is 0 Å². The summed E-state index contributed by atoms with van der Waals surface area (Å²) in [5, 5.41) is 2.92. The van der Waals surface area contributed by atoms with E-state index in [4.69, 9.17) is 0 Å². The number of nitrogens with one attached hydrogen (secondary N) is 1. The van der Waals surface area contributed by atoms with Crippen LogP contribution in [0.4, 0.5) is 0 Å². The van der Waals surface area contributed by atoms with Crippen molar-refractivity contribution in [2.75, 3.05) is 0 Å². The first-order chi connectivity index (χ1) is 6.63. The van der Waals surface area contributed by atoms with Crippen molar-refractivity contribution in [3.05, 3.63) is 33.4 Å². The van der Waals surface area contributed by atoms with E-state index >= 15 is 0 Å². The molecule has 1 aromatic carbocycles. The summed E-state index contributed by atoms with van der Waals surface area (Å²) < 4.78 is 1.14. The summed E-state index contributed by atoms with van der Waals surface area (Å²) in [6, 6.07) is 7.80. The molecule has 0 spiro atoms. The van der Waals surface area contributed by atoms with Gasteiger partial charge in [-0.15, -0.1) is 0 Å². The number of hydrogen-bond donors (Lipinski definition) is 1. The van der Waals surface area contributed by atoms with Crippen LogP contribution in [0.5, 0.6) is 0 Å². The molecular formula is C11H14INO. The highest BCUT2D eigenvalue weighted by Crippen LogP contribution is 2.06. The van der Waals surface area contributed by atoms with Crippen molar-refractivity contribution in [1.29, 1.82) is 0 Å². The van der Waals surface area contributed by atoms with Crippen LogP contribution < -0.4 is 5.32 Å². The van der Waals surface area contributed by atoms with Gasteiger partial charge in [-0.25, -0.2) is 0 Å². The molecule has 0 bridgehead atoms. The van der Waals surface area contributed by atoms with E-state index in [1.807, 2.05) is 31.2 Å². The van der Waals surface area contributed by atoms with E-state index in [0.29, 0.717) is 0 Å². The van der Waals surface area contributed by atoms with Crippen LogP contribution >= 0.6 is 22.6 Å². The number of benzene rings is 1. The fraction of sp³-hybridized carbons (Fsp3) is 0.364. The van der Waals surface area contributed by atoms with Crippen molar-refractivity contribution in [2.45, 2.75) is 26.3 Å². The van der Waals surface area contributed by atoms with Crippen molar-refractivity contribution < 1.29 is 4.79 Å². The molecule has 0 aliphatic heterocycles. The topological polar surface area (TPSA) is 29.1 Å². The third kappa shape index (κ3) is 3.29. The molecule has 3 heteroatoms. The average molecular weight is 303 g/mol. The standard InChI is InChI=1S/C11H14INO/c1-3-8(2)13-11(14)9-4-6-10(12)7-5-9/h4-8H,3H2,1-2H3,(H,13,14)/t8-/m0/s1. The number of hydrogen-bond acceptors (Lipinski definition) is 1. The molecule has 0 aromatic heterocycles. The first-order valence-corrected chi connectivity index (χ1v) is 5.77. The molecule has 0 saturated heterocycles. The Morgan fingerprint density at radius 3 is 2.50 bits per heavy atom. The van der Waals surface area contributed by atoms with Gasteiger partial charge in [-0.3, -0.25) is 4.79 Å². The van der Waals surface area contributed by atoms with Crippen molar-refractivity contribution in [1.82, 2.24) is 5.32 Å². The summed E-state index contributed by atoms with van der Waals surface area (Å²) in [6.45, 7) is 4.06. The lowest BCUT2D eigenvalue weighted by Crippen LogP contribution is -2.31. The molecule has 1 amide bonds. The zero-order valence-electron chi connectivity index (χ0n) is 8.38. The SMILES string of the molecule is CC[C@H](C)NC(=O)c1ccc(I)cc1. The Morgan fingerprint density at radius 2 is 2.00 bits per heavy atom. The molecule has 0 saturated carbocycles. The number of halogens is 1. The smallest absolute Gasteiger partial charge is 0.251 e. The molecule has 1 rings (SSSR count). The lowest BCUT2D eigenvalue weighted by molar-refractivity contribution is 0.0939. The first-order valence-electron chi connectivity index (χ1n) is 4.70. The second-order valence-electron chi connectivity index (χ2n) is 3.29. The molecule has 14 heavy (non-hydrogen) atoms. The largest absolute Gasteiger partial charge is 0.350 e. The van der Waals surface area contributed by atoms with Crippen LogP contribution in [0.25, 0.3) is 0 Å². The monoisotopic (exact) mass is 303 g/mol. The van der Waals surface area contributed by atoms with Gasteiger partial charge in [0, 0.05) is 15.2 Å². The molecule has 0 unspecified atom stereocenters. The van der Waals surface area contributed by atoms with Gasteiger partial charge in [0.1, 0.15) is 0 Å². The molecule has 2 nitrogen and oxygen atoms in total. The maximum Gasteiger partial charge on any atom is 0.251 e. The van der Waals surface area contributed by atoms with Gasteiger partial charge in [0.15, 0.2) is 0 Å². The minimum atomic E-state index is 0.00995. The van der Waals surface area contributed by atoms with Gasteiger partial charge < -0.3 is 5.32 Å². The Kier molecular flexibility index (Phi) is 4.38. The summed E-state index contributed by atoms with van der Waals surface area (Å²) >= 11 is 2.22. The molecule has 0 radical (unpaired) electrons. The van der Waals surface area contributed by atoms with Crippen LogP contribution in [0.3, 0.4) is 0 Å². The molecule has 76 valence electrons. The minimum absolute atomic E-state index is 0.00995. The van der Waals surface area contributed by atoms with E-state index in [2.05, 4.69) is 34.8 Å². The van der Waals surface area contributed by atoms with Crippen molar-refractivity contribution in [3.8, 4) is 0 Å². The fourth-order valence-electron chi connectivity index (χ4n) is 1.01. The zero-order valence-corrected chi connectivity index (χ0v) is 10.5. The maximum atomic E-state index is 11.6. The van der Waals surface area contributed by atoms with Gasteiger partial charge in [-0.2, -0.15) is 0 Å². The van der Waals surface area contributed by atoms with E-state index in [0.717, 1.165) is 15.6 Å². The normalized spacial score (nSPS) is 12.2. The van der Waals surface area contributed by atoms with Crippen molar-refractivity contribution in [2.24, 2.45) is 0 Å². The molecule has 0 aliphatic carbocycles. The molecule has 1 N–H and O–H groups in total. The molecule has 0 aliphatic rings. The maximum absolute atomic E-state index is 11.6. The predicted octanol–water partition coefficient (Wildman–Crippen LogP) is 2.82. The van der Waals surface area contributed by atoms with Gasteiger partial charge in [-0.1, -0.05) is 6.92 Å². The van der Waals surface area contributed by atoms with Gasteiger partial charge in [0.25, 0.3) is 5.91 Å². The quantitative estimate of drug-likeness (QED) is 0.855. The Hall–Kier alpha value is -0.580. The van der Waals surface area contributed by atoms with E-state index in [9.17, 15) is 4.79 Å². The highest BCUT2D eigenvalue weighted by atomic mass is 127. The molecule has 1 atom stereocenters. The summed E-state index contributed by atoms with van der Waals surface area (Å²) in [7, 11) is 0. The van der Waals surface area contributed by atoms with Crippen molar-refractivity contribution >= 4 is 28.5 Å². The molecule has 1 aromatic rings. The van der Waals surface area contributed by atoms with Gasteiger partial charge >= 0.3 is 0 Å². The van der Waals surface area contributed by atoms with Crippen LogP contribution in [0, 0.1) is 3.57 Å². The van der Waals surface area contributed by atoms with Gasteiger partial charge in [-0.05, 0) is 60.2 Å². The third-order valence-corrected chi connectivity index (χ3v) is 2.82. The van der Waals surface area contributed by atoms with E-state index in [1.165, 1.54) is 0 Å². The second kappa shape index (κ2) is 5.34. The highest BCUT2D eigenvalue weighted by Gasteiger charge is 2.07. The Morgan fingerprint density at radius 1 is 1.43 bits per heavy atom. The number of carbonyl (C=O) groups excluding carboxylic acids is 1. The van der Waals surface area contributed by atoms with Gasteiger partial charge in [0.2, 0.25) is 0 Å². The summed E-state index contributed by atoms with van der Waals surface area (Å²) in [4.78, 5) is 11.6. The van der Waals surface area contributed by atoms with E-state index in [1.54, 1.807) is 0 Å². The average Bonchev–Trinajstić information content (AvgIpc) is 2.18.